The fraction of sp³-hybridized carbons (Fsp3) is 0.250. The predicted molar refractivity (Wildman–Crippen MR) is 59.5 cm³/mol. The van der Waals surface area contributed by atoms with Crippen LogP contribution < -0.4 is 5.32 Å². The van der Waals surface area contributed by atoms with Crippen LogP contribution in [0.3, 0.4) is 0 Å². The van der Waals surface area contributed by atoms with E-state index >= 15 is 0 Å². The van der Waals surface area contributed by atoms with E-state index in [9.17, 15) is 13.2 Å². The summed E-state index contributed by atoms with van der Waals surface area (Å²) in [6, 6.07) is 9.33. The molecule has 1 aromatic heterocycles. The molecule has 1 heterocycles. The standard InChI is InChI=1S/C12H11F3N2/c13-12(14,15)8-16-7-11-10-4-2-1-3-9(10)5-6-17-11/h1-6,16H,7-8H2. The Morgan fingerprint density at radius 2 is 1.88 bits per heavy atom. The first-order valence-electron chi connectivity index (χ1n) is 5.16. The van der Waals surface area contributed by atoms with Crippen LogP contribution in [0.1, 0.15) is 5.69 Å². The Morgan fingerprint density at radius 1 is 1.12 bits per heavy atom. The zero-order valence-electron chi connectivity index (χ0n) is 8.96. The molecule has 1 N–H and O–H groups in total. The van der Waals surface area contributed by atoms with Crippen LogP contribution in [0.15, 0.2) is 36.5 Å². The molecule has 0 bridgehead atoms. The summed E-state index contributed by atoms with van der Waals surface area (Å²) in [6.45, 7) is -0.890. The highest BCUT2D eigenvalue weighted by atomic mass is 19.4. The molecule has 17 heavy (non-hydrogen) atoms. The Kier molecular flexibility index (Phi) is 3.28. The van der Waals surface area contributed by atoms with Crippen molar-refractivity contribution in [2.75, 3.05) is 6.54 Å². The second kappa shape index (κ2) is 4.71. The van der Waals surface area contributed by atoms with E-state index in [0.29, 0.717) is 5.69 Å². The fourth-order valence-electron chi connectivity index (χ4n) is 1.65. The number of aromatic nitrogens is 1. The number of nitrogens with zero attached hydrogens (tertiary/aromatic N) is 1. The van der Waals surface area contributed by atoms with Gasteiger partial charge in [0.25, 0.3) is 0 Å². The average Bonchev–Trinajstić information content (AvgIpc) is 2.28. The zero-order valence-corrected chi connectivity index (χ0v) is 8.96. The average molecular weight is 240 g/mol. The van der Waals surface area contributed by atoms with Crippen LogP contribution in [0.25, 0.3) is 10.8 Å². The summed E-state index contributed by atoms with van der Waals surface area (Å²) in [7, 11) is 0. The van der Waals surface area contributed by atoms with E-state index < -0.39 is 12.7 Å². The summed E-state index contributed by atoms with van der Waals surface area (Å²) in [6.07, 6.45) is -2.59. The molecule has 2 aromatic rings. The van der Waals surface area contributed by atoms with Crippen molar-refractivity contribution >= 4 is 10.8 Å². The summed E-state index contributed by atoms with van der Waals surface area (Å²) < 4.78 is 36.0. The number of pyridine rings is 1. The Bertz CT molecular complexity index is 503. The molecule has 2 nitrogen and oxygen atoms in total. The molecule has 0 aliphatic rings. The van der Waals surface area contributed by atoms with Gasteiger partial charge in [0.15, 0.2) is 0 Å². The first-order chi connectivity index (χ1) is 8.06. The molecular weight excluding hydrogens is 229 g/mol. The molecule has 0 amide bonds. The van der Waals surface area contributed by atoms with Crippen molar-refractivity contribution in [3.8, 4) is 0 Å². The van der Waals surface area contributed by atoms with E-state index in [1.54, 1.807) is 6.20 Å². The first kappa shape index (κ1) is 11.9. The maximum absolute atomic E-state index is 12.0. The van der Waals surface area contributed by atoms with Crippen LogP contribution in [-0.4, -0.2) is 17.7 Å². The third kappa shape index (κ3) is 3.17. The van der Waals surface area contributed by atoms with Gasteiger partial charge in [-0.15, -0.1) is 0 Å². The van der Waals surface area contributed by atoms with Crippen molar-refractivity contribution in [1.29, 1.82) is 0 Å². The van der Waals surface area contributed by atoms with Gasteiger partial charge in [0.2, 0.25) is 0 Å². The minimum absolute atomic E-state index is 0.112. The summed E-state index contributed by atoms with van der Waals surface area (Å²) in [4.78, 5) is 4.10. The molecule has 0 aliphatic carbocycles. The van der Waals surface area contributed by atoms with Crippen LogP contribution in [0.2, 0.25) is 0 Å². The Hall–Kier alpha value is -1.62. The number of hydrogen-bond acceptors (Lipinski definition) is 2. The van der Waals surface area contributed by atoms with Gasteiger partial charge in [0.1, 0.15) is 0 Å². The van der Waals surface area contributed by atoms with E-state index in [4.69, 9.17) is 0 Å². The molecule has 0 spiro atoms. The van der Waals surface area contributed by atoms with Gasteiger partial charge in [-0.2, -0.15) is 13.2 Å². The highest BCUT2D eigenvalue weighted by Crippen LogP contribution is 2.17. The molecule has 90 valence electrons. The van der Waals surface area contributed by atoms with Gasteiger partial charge >= 0.3 is 6.18 Å². The number of halogens is 3. The Labute approximate surface area is 96.5 Å². The van der Waals surface area contributed by atoms with Gasteiger partial charge in [-0.3, -0.25) is 4.98 Å². The van der Waals surface area contributed by atoms with Crippen molar-refractivity contribution in [3.63, 3.8) is 0 Å². The highest BCUT2D eigenvalue weighted by Gasteiger charge is 2.26. The van der Waals surface area contributed by atoms with Crippen molar-refractivity contribution in [3.05, 3.63) is 42.2 Å². The summed E-state index contributed by atoms with van der Waals surface area (Å²) in [5.41, 5.74) is 0.632. The van der Waals surface area contributed by atoms with Gasteiger partial charge < -0.3 is 5.32 Å². The lowest BCUT2D eigenvalue weighted by Gasteiger charge is -2.09. The molecule has 0 radical (unpaired) electrons. The predicted octanol–water partition coefficient (Wildman–Crippen LogP) is 2.89. The quantitative estimate of drug-likeness (QED) is 0.892. The second-order valence-electron chi connectivity index (χ2n) is 3.70. The first-order valence-corrected chi connectivity index (χ1v) is 5.16. The van der Waals surface area contributed by atoms with E-state index in [1.807, 2.05) is 30.3 Å². The molecule has 0 fully saturated rings. The second-order valence-corrected chi connectivity index (χ2v) is 3.70. The lowest BCUT2D eigenvalue weighted by Crippen LogP contribution is -2.28. The molecule has 0 saturated carbocycles. The number of nitrogens with one attached hydrogen (secondary N) is 1. The monoisotopic (exact) mass is 240 g/mol. The van der Waals surface area contributed by atoms with Crippen molar-refractivity contribution in [1.82, 2.24) is 10.3 Å². The van der Waals surface area contributed by atoms with Crippen molar-refractivity contribution in [2.24, 2.45) is 0 Å². The molecule has 1 aromatic carbocycles. The third-order valence-electron chi connectivity index (χ3n) is 2.37. The van der Waals surface area contributed by atoms with E-state index in [2.05, 4.69) is 10.3 Å². The third-order valence-corrected chi connectivity index (χ3v) is 2.37. The van der Waals surface area contributed by atoms with Gasteiger partial charge in [-0.25, -0.2) is 0 Å². The topological polar surface area (TPSA) is 24.9 Å². The number of hydrogen-bond donors (Lipinski definition) is 1. The largest absolute Gasteiger partial charge is 0.401 e. The number of rotatable bonds is 3. The lowest BCUT2D eigenvalue weighted by molar-refractivity contribution is -0.125. The SMILES string of the molecule is FC(F)(F)CNCc1nccc2ccccc12. The Balaban J connectivity index is 2.13. The lowest BCUT2D eigenvalue weighted by atomic mass is 10.1. The normalized spacial score (nSPS) is 11.9. The van der Waals surface area contributed by atoms with E-state index in [-0.39, 0.29) is 6.54 Å². The smallest absolute Gasteiger partial charge is 0.303 e. The molecule has 0 unspecified atom stereocenters. The highest BCUT2D eigenvalue weighted by molar-refractivity contribution is 5.84. The minimum atomic E-state index is -4.19. The summed E-state index contributed by atoms with van der Waals surface area (Å²) in [5, 5.41) is 4.20. The number of benzene rings is 1. The van der Waals surface area contributed by atoms with Crippen LogP contribution >= 0.6 is 0 Å². The van der Waals surface area contributed by atoms with Crippen LogP contribution in [0.5, 0.6) is 0 Å². The summed E-state index contributed by atoms with van der Waals surface area (Å²) in [5.74, 6) is 0. The van der Waals surface area contributed by atoms with Crippen molar-refractivity contribution in [2.45, 2.75) is 12.7 Å². The molecule has 0 saturated heterocycles. The van der Waals surface area contributed by atoms with Crippen molar-refractivity contribution < 1.29 is 13.2 Å². The number of fused-ring (bicyclic) bond motifs is 1. The van der Waals surface area contributed by atoms with E-state index in [0.717, 1.165) is 10.8 Å². The molecular formula is C12H11F3N2. The zero-order chi connectivity index (χ0) is 12.3. The van der Waals surface area contributed by atoms with Crippen LogP contribution in [0, 0.1) is 0 Å². The fourth-order valence-corrected chi connectivity index (χ4v) is 1.65. The van der Waals surface area contributed by atoms with Crippen LogP contribution in [0.4, 0.5) is 13.2 Å². The molecule has 2 rings (SSSR count). The van der Waals surface area contributed by atoms with Gasteiger partial charge in [-0.1, -0.05) is 24.3 Å². The maximum atomic E-state index is 12.0. The van der Waals surface area contributed by atoms with Gasteiger partial charge in [0, 0.05) is 18.1 Å². The van der Waals surface area contributed by atoms with Gasteiger partial charge in [0.05, 0.1) is 12.2 Å². The van der Waals surface area contributed by atoms with Gasteiger partial charge in [-0.05, 0) is 11.5 Å². The minimum Gasteiger partial charge on any atom is -0.303 e. The molecule has 5 heteroatoms. The molecule has 0 aliphatic heterocycles. The van der Waals surface area contributed by atoms with E-state index in [1.165, 1.54) is 0 Å². The molecule has 0 atom stereocenters. The maximum Gasteiger partial charge on any atom is 0.401 e. The van der Waals surface area contributed by atoms with Crippen LogP contribution in [-0.2, 0) is 6.54 Å². The summed E-state index contributed by atoms with van der Waals surface area (Å²) >= 11 is 0. The Morgan fingerprint density at radius 3 is 2.65 bits per heavy atom. The number of alkyl halides is 3.